The lowest BCUT2D eigenvalue weighted by Crippen LogP contribution is -2.29. The number of fused-ring (bicyclic) bond motifs is 3. The summed E-state index contributed by atoms with van der Waals surface area (Å²) in [6.07, 6.45) is 0. The molecule has 4 nitrogen and oxygen atoms in total. The van der Waals surface area contributed by atoms with E-state index in [1.165, 1.54) is 72.3 Å². The van der Waals surface area contributed by atoms with E-state index in [1.807, 2.05) is 0 Å². The first-order valence-corrected chi connectivity index (χ1v) is 29.2. The minimum atomic E-state index is -0.619. The van der Waals surface area contributed by atoms with Gasteiger partial charge >= 0.3 is 0 Å². The highest BCUT2D eigenvalue weighted by Gasteiger charge is 2.46. The van der Waals surface area contributed by atoms with Crippen molar-refractivity contribution < 1.29 is 0 Å². The fourth-order valence-electron chi connectivity index (χ4n) is 12.4. The third-order valence-corrected chi connectivity index (χ3v) is 16.8. The number of aryl methyl sites for hydroxylation is 7. The van der Waals surface area contributed by atoms with Gasteiger partial charge in [0.15, 0.2) is 0 Å². The van der Waals surface area contributed by atoms with Crippen molar-refractivity contribution >= 4 is 68.2 Å². The zero-order valence-corrected chi connectivity index (χ0v) is 48.9. The van der Waals surface area contributed by atoms with Crippen molar-refractivity contribution in [1.82, 2.24) is 0 Å². The molecule has 0 heterocycles. The van der Waals surface area contributed by atoms with Gasteiger partial charge in [-0.2, -0.15) is 0 Å². The predicted molar refractivity (Wildman–Crippen MR) is 356 cm³/mol. The Bertz CT molecular complexity index is 3920. The van der Waals surface area contributed by atoms with Crippen LogP contribution in [0.15, 0.2) is 285 Å². The van der Waals surface area contributed by atoms with Crippen LogP contribution in [0.2, 0.25) is 0 Å². The maximum Gasteiger partial charge on any atom is 0.0713 e. The van der Waals surface area contributed by atoms with Gasteiger partial charge < -0.3 is 19.6 Å². The highest BCUT2D eigenvalue weighted by atomic mass is 15.2. The zero-order chi connectivity index (χ0) is 57.5. The Morgan fingerprint density at radius 2 is 0.393 bits per heavy atom. The van der Waals surface area contributed by atoms with Crippen LogP contribution in [0, 0.1) is 48.5 Å². The summed E-state index contributed by atoms with van der Waals surface area (Å²) in [5.74, 6) is 0. The van der Waals surface area contributed by atoms with Gasteiger partial charge in [0.2, 0.25) is 0 Å². The van der Waals surface area contributed by atoms with Crippen LogP contribution in [0.25, 0.3) is 11.1 Å². The van der Waals surface area contributed by atoms with Crippen molar-refractivity contribution in [1.29, 1.82) is 0 Å². The van der Waals surface area contributed by atoms with Gasteiger partial charge in [0.05, 0.1) is 5.41 Å². The van der Waals surface area contributed by atoms with E-state index in [9.17, 15) is 0 Å². The molecule has 0 radical (unpaired) electrons. The van der Waals surface area contributed by atoms with Crippen LogP contribution >= 0.6 is 0 Å². The van der Waals surface area contributed by atoms with Gasteiger partial charge in [-0.1, -0.05) is 178 Å². The molecule has 0 aromatic heterocycles. The number of nitrogens with zero attached hydrogens (tertiary/aromatic N) is 4. The van der Waals surface area contributed by atoms with Crippen LogP contribution in [0.3, 0.4) is 0 Å². The molecule has 408 valence electrons. The van der Waals surface area contributed by atoms with Crippen LogP contribution in [0.4, 0.5) is 68.2 Å². The fourth-order valence-corrected chi connectivity index (χ4v) is 12.4. The van der Waals surface area contributed by atoms with E-state index in [0.717, 1.165) is 68.2 Å². The fraction of sp³-hybridized carbons (Fsp3) is 0.100. The molecule has 0 spiro atoms. The molecule has 84 heavy (non-hydrogen) atoms. The predicted octanol–water partition coefficient (Wildman–Crippen LogP) is 22.1. The lowest BCUT2D eigenvalue weighted by molar-refractivity contribution is 0.767. The molecule has 0 amide bonds. The Kier molecular flexibility index (Phi) is 14.1. The number of rotatable bonds is 14. The van der Waals surface area contributed by atoms with Crippen LogP contribution in [-0.2, 0) is 5.41 Å². The summed E-state index contributed by atoms with van der Waals surface area (Å²) in [4.78, 5) is 9.44. The summed E-state index contributed by atoms with van der Waals surface area (Å²) in [5.41, 5.74) is 28.6. The molecular weight excluding hydrogens is 1020 g/mol. The Hall–Kier alpha value is -10.2. The number of hydrogen-bond donors (Lipinski definition) is 0. The number of benzene rings is 12. The van der Waals surface area contributed by atoms with Crippen molar-refractivity contribution in [2.24, 2.45) is 0 Å². The van der Waals surface area contributed by atoms with Gasteiger partial charge in [-0.3, -0.25) is 0 Å². The topological polar surface area (TPSA) is 13.0 Å². The van der Waals surface area contributed by atoms with E-state index in [2.05, 4.69) is 353 Å². The van der Waals surface area contributed by atoms with Gasteiger partial charge in [0, 0.05) is 68.2 Å². The molecule has 12 aromatic rings. The largest absolute Gasteiger partial charge is 0.311 e. The Labute approximate surface area is 496 Å². The van der Waals surface area contributed by atoms with Gasteiger partial charge in [0.25, 0.3) is 0 Å². The van der Waals surface area contributed by atoms with Crippen LogP contribution in [-0.4, -0.2) is 0 Å². The van der Waals surface area contributed by atoms with Crippen molar-refractivity contribution in [3.05, 3.63) is 346 Å². The van der Waals surface area contributed by atoms with Gasteiger partial charge in [-0.05, 0) is 227 Å². The summed E-state index contributed by atoms with van der Waals surface area (Å²) in [5, 5.41) is 0. The summed E-state index contributed by atoms with van der Waals surface area (Å²) >= 11 is 0. The third kappa shape index (κ3) is 10.0. The van der Waals surface area contributed by atoms with Crippen LogP contribution in [0.5, 0.6) is 0 Å². The minimum Gasteiger partial charge on any atom is -0.311 e. The van der Waals surface area contributed by atoms with E-state index in [4.69, 9.17) is 0 Å². The van der Waals surface area contributed by atoms with Crippen molar-refractivity contribution in [2.75, 3.05) is 19.6 Å². The van der Waals surface area contributed by atoms with Crippen molar-refractivity contribution in [3.63, 3.8) is 0 Å². The molecule has 13 rings (SSSR count). The molecule has 0 aliphatic heterocycles. The average Bonchev–Trinajstić information content (AvgIpc) is 1.65. The van der Waals surface area contributed by atoms with E-state index in [1.54, 1.807) is 0 Å². The Balaban J connectivity index is 0.906. The second kappa shape index (κ2) is 22.3. The Morgan fingerprint density at radius 1 is 0.190 bits per heavy atom. The smallest absolute Gasteiger partial charge is 0.0713 e. The van der Waals surface area contributed by atoms with Gasteiger partial charge in [0.1, 0.15) is 0 Å². The maximum absolute atomic E-state index is 2.42. The van der Waals surface area contributed by atoms with Crippen LogP contribution < -0.4 is 19.6 Å². The summed E-state index contributed by atoms with van der Waals surface area (Å²) in [7, 11) is 0. The average molecular weight is 1090 g/mol. The second-order valence-corrected chi connectivity index (χ2v) is 22.8. The molecule has 0 saturated carbocycles. The zero-order valence-electron chi connectivity index (χ0n) is 48.9. The lowest BCUT2D eigenvalue weighted by Gasteiger charge is -2.35. The van der Waals surface area contributed by atoms with E-state index in [0.29, 0.717) is 0 Å². The van der Waals surface area contributed by atoms with E-state index in [-0.39, 0.29) is 0 Å². The molecule has 0 N–H and O–H groups in total. The molecule has 1 aliphatic carbocycles. The summed E-state index contributed by atoms with van der Waals surface area (Å²) in [6, 6.07) is 106. The molecule has 12 aromatic carbocycles. The van der Waals surface area contributed by atoms with Gasteiger partial charge in [-0.25, -0.2) is 0 Å². The molecule has 0 saturated heterocycles. The molecule has 0 atom stereocenters. The third-order valence-electron chi connectivity index (χ3n) is 16.8. The number of hydrogen-bond acceptors (Lipinski definition) is 4. The Morgan fingerprint density at radius 3 is 0.655 bits per heavy atom. The first-order valence-electron chi connectivity index (χ1n) is 29.2. The maximum atomic E-state index is 2.42. The standard InChI is InChI=1S/C80H68N4/c1-55-12-29-64(30-13-55)81(65-31-14-56(2)15-32-65)72-45-49-74(50-46-72)83(68-37-20-59(5)21-38-68)70-41-25-62(26-42-70)80(78-11-9-8-10-76(78)77-53-24-61(7)54-79(77)80)63-27-43-71(44-28-63)84(69-39-22-60(6)23-40-69)75-51-47-73(48-52-75)82(66-33-16-57(3)17-34-66)67-35-18-58(4)19-36-67/h8-54H,1-7H3. The first-order chi connectivity index (χ1) is 41.0. The molecule has 0 unspecified atom stereocenters. The first kappa shape index (κ1) is 53.2. The molecule has 4 heteroatoms. The van der Waals surface area contributed by atoms with Crippen LogP contribution in [0.1, 0.15) is 61.2 Å². The van der Waals surface area contributed by atoms with Gasteiger partial charge in [-0.15, -0.1) is 0 Å². The highest BCUT2D eigenvalue weighted by molar-refractivity contribution is 5.89. The summed E-state index contributed by atoms with van der Waals surface area (Å²) < 4.78 is 0. The normalized spacial score (nSPS) is 12.1. The monoisotopic (exact) mass is 1080 g/mol. The molecular formula is C80H68N4. The minimum absolute atomic E-state index is 0.619. The van der Waals surface area contributed by atoms with E-state index < -0.39 is 5.41 Å². The second-order valence-electron chi connectivity index (χ2n) is 22.8. The molecule has 1 aliphatic rings. The highest BCUT2D eigenvalue weighted by Crippen LogP contribution is 2.57. The quantitative estimate of drug-likeness (QED) is 0.108. The van der Waals surface area contributed by atoms with E-state index >= 15 is 0 Å². The lowest BCUT2D eigenvalue weighted by atomic mass is 9.67. The molecule has 0 fully saturated rings. The van der Waals surface area contributed by atoms with Crippen molar-refractivity contribution in [2.45, 2.75) is 53.9 Å². The molecule has 0 bridgehead atoms. The summed E-state index contributed by atoms with van der Waals surface area (Å²) in [6.45, 7) is 15.1. The number of anilines is 12. The van der Waals surface area contributed by atoms with Crippen molar-refractivity contribution in [3.8, 4) is 11.1 Å². The SMILES string of the molecule is Cc1ccc(N(c2ccc(C)cc2)c2ccc(N(c3ccc(C)cc3)c3ccc(C4(c5ccc(N(c6ccc(C)cc6)c6ccc(N(c7ccc(C)cc7)c7ccc(C)cc7)cc6)cc5)c5ccccc5-c5ccc(C)cc54)cc3)cc2)cc1.